The van der Waals surface area contributed by atoms with E-state index in [1.807, 2.05) is 68.4 Å². The van der Waals surface area contributed by atoms with Crippen molar-refractivity contribution in [3.63, 3.8) is 0 Å². The molecule has 0 saturated carbocycles. The van der Waals surface area contributed by atoms with E-state index >= 15 is 0 Å². The smallest absolute Gasteiger partial charge is 0.150 e. The number of carbonyl (C=O) groups excluding carboxylic acids is 1. The van der Waals surface area contributed by atoms with Gasteiger partial charge in [-0.25, -0.2) is 0 Å². The highest BCUT2D eigenvalue weighted by Crippen LogP contribution is 2.27. The Morgan fingerprint density at radius 3 is 2.24 bits per heavy atom. The highest BCUT2D eigenvalue weighted by Gasteiger charge is 2.09. The van der Waals surface area contributed by atoms with Crippen molar-refractivity contribution in [1.29, 1.82) is 0 Å². The Bertz CT molecular complexity index is 849. The van der Waals surface area contributed by atoms with Crippen molar-refractivity contribution >= 4 is 6.29 Å². The van der Waals surface area contributed by atoms with Crippen LogP contribution in [0.25, 0.3) is 0 Å². The lowest BCUT2D eigenvalue weighted by atomic mass is 10.1. The first kappa shape index (κ1) is 16.8. The van der Waals surface area contributed by atoms with Gasteiger partial charge in [-0.15, -0.1) is 0 Å². The molecule has 0 radical (unpaired) electrons. The number of hydrogen-bond acceptors (Lipinski definition) is 3. The summed E-state index contributed by atoms with van der Waals surface area (Å²) in [5.74, 6) is 2.29. The zero-order valence-corrected chi connectivity index (χ0v) is 14.4. The summed E-state index contributed by atoms with van der Waals surface area (Å²) in [5.41, 5.74) is 3.55. The fourth-order valence-corrected chi connectivity index (χ4v) is 2.69. The molecule has 0 aliphatic heterocycles. The molecule has 0 unspecified atom stereocenters. The van der Waals surface area contributed by atoms with Gasteiger partial charge in [0.2, 0.25) is 0 Å². The number of rotatable bonds is 6. The van der Waals surface area contributed by atoms with Crippen LogP contribution in [0.1, 0.15) is 27.0 Å². The van der Waals surface area contributed by atoms with Gasteiger partial charge < -0.3 is 9.47 Å². The molecule has 0 fully saturated rings. The Morgan fingerprint density at radius 1 is 0.840 bits per heavy atom. The molecule has 0 saturated heterocycles. The predicted molar refractivity (Wildman–Crippen MR) is 98.6 cm³/mol. The molecule has 0 aromatic heterocycles. The summed E-state index contributed by atoms with van der Waals surface area (Å²) >= 11 is 0. The minimum Gasteiger partial charge on any atom is -0.488 e. The Balaban J connectivity index is 1.82. The molecule has 0 heterocycles. The zero-order valence-electron chi connectivity index (χ0n) is 14.4. The maximum absolute atomic E-state index is 11.3. The van der Waals surface area contributed by atoms with E-state index in [9.17, 15) is 4.79 Å². The third-order valence-corrected chi connectivity index (χ3v) is 4.00. The normalized spacial score (nSPS) is 10.3. The molecule has 0 N–H and O–H groups in total. The summed E-state index contributed by atoms with van der Waals surface area (Å²) in [4.78, 5) is 11.3. The first-order chi connectivity index (χ1) is 12.2. The first-order valence-electron chi connectivity index (χ1n) is 8.17. The van der Waals surface area contributed by atoms with E-state index in [4.69, 9.17) is 9.47 Å². The van der Waals surface area contributed by atoms with E-state index in [-0.39, 0.29) is 0 Å². The standard InChI is InChI=1S/C22H20O3/c1-16-7-6-8-17(2)22(16)24-15-19-13-21(12-11-18(19)14-23)25-20-9-4-3-5-10-20/h3-14H,15H2,1-2H3. The fraction of sp³-hybridized carbons (Fsp3) is 0.136. The van der Waals surface area contributed by atoms with Gasteiger partial charge in [-0.1, -0.05) is 36.4 Å². The summed E-state index contributed by atoms with van der Waals surface area (Å²) in [6.45, 7) is 4.33. The van der Waals surface area contributed by atoms with Crippen LogP contribution in [0.4, 0.5) is 0 Å². The van der Waals surface area contributed by atoms with Crippen LogP contribution in [0.2, 0.25) is 0 Å². The average Bonchev–Trinajstić information content (AvgIpc) is 2.62. The lowest BCUT2D eigenvalue weighted by molar-refractivity contribution is 0.112. The van der Waals surface area contributed by atoms with Gasteiger partial charge in [0.05, 0.1) is 0 Å². The van der Waals surface area contributed by atoms with Crippen molar-refractivity contribution in [2.45, 2.75) is 20.5 Å². The lowest BCUT2D eigenvalue weighted by Gasteiger charge is -2.14. The van der Waals surface area contributed by atoms with Gasteiger partial charge in [-0.2, -0.15) is 0 Å². The third kappa shape index (κ3) is 4.07. The molecule has 126 valence electrons. The van der Waals surface area contributed by atoms with Crippen molar-refractivity contribution in [3.05, 3.63) is 89.0 Å². The minimum atomic E-state index is 0.311. The molecule has 3 nitrogen and oxygen atoms in total. The summed E-state index contributed by atoms with van der Waals surface area (Å²) in [6.07, 6.45) is 0.843. The largest absolute Gasteiger partial charge is 0.488 e. The van der Waals surface area contributed by atoms with Gasteiger partial charge in [0.1, 0.15) is 30.1 Å². The van der Waals surface area contributed by atoms with Crippen LogP contribution >= 0.6 is 0 Å². The number of carbonyl (C=O) groups is 1. The molecule has 0 amide bonds. The van der Waals surface area contributed by atoms with Gasteiger partial charge in [0.25, 0.3) is 0 Å². The molecule has 3 rings (SSSR count). The maximum Gasteiger partial charge on any atom is 0.150 e. The molecule has 3 heteroatoms. The minimum absolute atomic E-state index is 0.311. The van der Waals surface area contributed by atoms with Gasteiger partial charge in [0.15, 0.2) is 0 Å². The highest BCUT2D eigenvalue weighted by molar-refractivity contribution is 5.77. The molecular weight excluding hydrogens is 312 g/mol. The van der Waals surface area contributed by atoms with E-state index in [1.165, 1.54) is 0 Å². The summed E-state index contributed by atoms with van der Waals surface area (Å²) < 4.78 is 11.8. The van der Waals surface area contributed by atoms with E-state index in [1.54, 1.807) is 12.1 Å². The van der Waals surface area contributed by atoms with Gasteiger partial charge >= 0.3 is 0 Å². The van der Waals surface area contributed by atoms with Crippen molar-refractivity contribution in [2.75, 3.05) is 0 Å². The number of aldehydes is 1. The molecule has 0 atom stereocenters. The zero-order chi connectivity index (χ0) is 17.6. The molecule has 0 spiro atoms. The Morgan fingerprint density at radius 2 is 1.56 bits per heavy atom. The van der Waals surface area contributed by atoms with Crippen molar-refractivity contribution in [2.24, 2.45) is 0 Å². The van der Waals surface area contributed by atoms with Crippen LogP contribution < -0.4 is 9.47 Å². The molecule has 25 heavy (non-hydrogen) atoms. The monoisotopic (exact) mass is 332 g/mol. The maximum atomic E-state index is 11.3. The number of aryl methyl sites for hydroxylation is 2. The molecule has 0 bridgehead atoms. The van der Waals surface area contributed by atoms with Gasteiger partial charge in [-0.3, -0.25) is 4.79 Å². The third-order valence-electron chi connectivity index (χ3n) is 4.00. The van der Waals surface area contributed by atoms with Gasteiger partial charge in [-0.05, 0) is 55.3 Å². The van der Waals surface area contributed by atoms with Crippen LogP contribution in [0.5, 0.6) is 17.2 Å². The number of para-hydroxylation sites is 2. The number of hydrogen-bond donors (Lipinski definition) is 0. The number of ether oxygens (including phenoxy) is 2. The molecular formula is C22H20O3. The van der Waals surface area contributed by atoms with Crippen LogP contribution in [0.15, 0.2) is 66.7 Å². The summed E-state index contributed by atoms with van der Waals surface area (Å²) in [6, 6.07) is 21.0. The molecule has 0 aliphatic carbocycles. The summed E-state index contributed by atoms with van der Waals surface area (Å²) in [7, 11) is 0. The van der Waals surface area contributed by atoms with Crippen molar-refractivity contribution in [3.8, 4) is 17.2 Å². The number of benzene rings is 3. The average molecular weight is 332 g/mol. The summed E-state index contributed by atoms with van der Waals surface area (Å²) in [5, 5.41) is 0. The fourth-order valence-electron chi connectivity index (χ4n) is 2.69. The van der Waals surface area contributed by atoms with Crippen molar-refractivity contribution in [1.82, 2.24) is 0 Å². The Labute approximate surface area is 147 Å². The van der Waals surface area contributed by atoms with Crippen LogP contribution in [0, 0.1) is 13.8 Å². The van der Waals surface area contributed by atoms with E-state index < -0.39 is 0 Å². The predicted octanol–water partition coefficient (Wildman–Crippen LogP) is 5.49. The van der Waals surface area contributed by atoms with Crippen LogP contribution in [-0.2, 0) is 6.61 Å². The van der Waals surface area contributed by atoms with E-state index in [2.05, 4.69) is 0 Å². The Kier molecular flexibility index (Phi) is 5.14. The second-order valence-corrected chi connectivity index (χ2v) is 5.90. The second kappa shape index (κ2) is 7.67. The van der Waals surface area contributed by atoms with Crippen molar-refractivity contribution < 1.29 is 14.3 Å². The van der Waals surface area contributed by atoms with Crippen LogP contribution in [0.3, 0.4) is 0 Å². The quantitative estimate of drug-likeness (QED) is 0.560. The molecule has 3 aromatic carbocycles. The first-order valence-corrected chi connectivity index (χ1v) is 8.17. The Hall–Kier alpha value is -3.07. The SMILES string of the molecule is Cc1cccc(C)c1OCc1cc(Oc2ccccc2)ccc1C=O. The van der Waals surface area contributed by atoms with Crippen LogP contribution in [-0.4, -0.2) is 6.29 Å². The van der Waals surface area contributed by atoms with Gasteiger partial charge in [0, 0.05) is 11.1 Å². The molecule has 3 aromatic rings. The second-order valence-electron chi connectivity index (χ2n) is 5.90. The van der Waals surface area contributed by atoms with E-state index in [0.717, 1.165) is 34.5 Å². The topological polar surface area (TPSA) is 35.5 Å². The lowest BCUT2D eigenvalue weighted by Crippen LogP contribution is -2.02. The molecule has 0 aliphatic rings. The van der Waals surface area contributed by atoms with E-state index in [0.29, 0.717) is 17.9 Å². The highest BCUT2D eigenvalue weighted by atomic mass is 16.5.